The van der Waals surface area contributed by atoms with Crippen molar-refractivity contribution in [3.63, 3.8) is 0 Å². The van der Waals surface area contributed by atoms with Crippen LogP contribution in [0.15, 0.2) is 12.2 Å². The fourth-order valence-electron chi connectivity index (χ4n) is 1.72. The van der Waals surface area contributed by atoms with Gasteiger partial charge < -0.3 is 10.2 Å². The SMILES string of the molecule is C=C(C)C(=O)NCCCN1CCCCC1=O. The molecule has 0 unspecified atom stereocenters. The Labute approximate surface area is 96.7 Å². The molecule has 0 saturated carbocycles. The Bertz CT molecular complexity index is 287. The molecule has 0 atom stereocenters. The maximum Gasteiger partial charge on any atom is 0.246 e. The third-order valence-electron chi connectivity index (χ3n) is 2.70. The van der Waals surface area contributed by atoms with E-state index in [0.717, 1.165) is 32.4 Å². The summed E-state index contributed by atoms with van der Waals surface area (Å²) in [6.45, 7) is 7.46. The summed E-state index contributed by atoms with van der Waals surface area (Å²) in [5, 5.41) is 2.76. The van der Waals surface area contributed by atoms with Gasteiger partial charge >= 0.3 is 0 Å². The van der Waals surface area contributed by atoms with Crippen LogP contribution in [0.2, 0.25) is 0 Å². The molecule has 1 rings (SSSR count). The molecule has 0 aromatic heterocycles. The minimum Gasteiger partial charge on any atom is -0.352 e. The van der Waals surface area contributed by atoms with Crippen molar-refractivity contribution < 1.29 is 9.59 Å². The molecule has 1 aliphatic rings. The molecule has 0 bridgehead atoms. The van der Waals surface area contributed by atoms with Crippen LogP contribution in [0.4, 0.5) is 0 Å². The van der Waals surface area contributed by atoms with Crippen molar-refractivity contribution in [2.75, 3.05) is 19.6 Å². The van der Waals surface area contributed by atoms with Gasteiger partial charge in [-0.1, -0.05) is 6.58 Å². The summed E-state index contributed by atoms with van der Waals surface area (Å²) in [6.07, 6.45) is 3.61. The summed E-state index contributed by atoms with van der Waals surface area (Å²) >= 11 is 0. The van der Waals surface area contributed by atoms with E-state index in [-0.39, 0.29) is 11.8 Å². The van der Waals surface area contributed by atoms with E-state index in [4.69, 9.17) is 0 Å². The van der Waals surface area contributed by atoms with Crippen LogP contribution < -0.4 is 5.32 Å². The summed E-state index contributed by atoms with van der Waals surface area (Å²) in [6, 6.07) is 0. The second-order valence-electron chi connectivity index (χ2n) is 4.23. The average molecular weight is 224 g/mol. The minimum atomic E-state index is -0.107. The zero-order valence-corrected chi connectivity index (χ0v) is 9.92. The van der Waals surface area contributed by atoms with Gasteiger partial charge in [-0.25, -0.2) is 0 Å². The fourth-order valence-corrected chi connectivity index (χ4v) is 1.72. The van der Waals surface area contributed by atoms with Crippen LogP contribution in [0.1, 0.15) is 32.6 Å². The van der Waals surface area contributed by atoms with E-state index < -0.39 is 0 Å². The number of nitrogens with one attached hydrogen (secondary N) is 1. The monoisotopic (exact) mass is 224 g/mol. The number of rotatable bonds is 5. The van der Waals surface area contributed by atoms with Crippen molar-refractivity contribution in [1.29, 1.82) is 0 Å². The first-order valence-electron chi connectivity index (χ1n) is 5.82. The number of likely N-dealkylation sites (tertiary alicyclic amines) is 1. The molecule has 1 saturated heterocycles. The number of carbonyl (C=O) groups excluding carboxylic acids is 2. The third kappa shape index (κ3) is 4.04. The minimum absolute atomic E-state index is 0.107. The number of hydrogen-bond acceptors (Lipinski definition) is 2. The molecule has 16 heavy (non-hydrogen) atoms. The second-order valence-corrected chi connectivity index (χ2v) is 4.23. The molecule has 0 aromatic rings. The number of piperidine rings is 1. The van der Waals surface area contributed by atoms with Crippen molar-refractivity contribution in [3.8, 4) is 0 Å². The smallest absolute Gasteiger partial charge is 0.246 e. The Morgan fingerprint density at radius 2 is 2.25 bits per heavy atom. The van der Waals surface area contributed by atoms with Gasteiger partial charge in [0.05, 0.1) is 0 Å². The van der Waals surface area contributed by atoms with Crippen LogP contribution >= 0.6 is 0 Å². The van der Waals surface area contributed by atoms with Gasteiger partial charge in [0.25, 0.3) is 0 Å². The van der Waals surface area contributed by atoms with Gasteiger partial charge in [0.2, 0.25) is 11.8 Å². The van der Waals surface area contributed by atoms with Crippen LogP contribution in [0.3, 0.4) is 0 Å². The van der Waals surface area contributed by atoms with Crippen molar-refractivity contribution in [3.05, 3.63) is 12.2 Å². The highest BCUT2D eigenvalue weighted by Gasteiger charge is 2.16. The Morgan fingerprint density at radius 3 is 2.88 bits per heavy atom. The number of nitrogens with zero attached hydrogens (tertiary/aromatic N) is 1. The van der Waals surface area contributed by atoms with E-state index >= 15 is 0 Å². The van der Waals surface area contributed by atoms with Crippen LogP contribution in [-0.4, -0.2) is 36.3 Å². The average Bonchev–Trinajstić information content (AvgIpc) is 2.26. The molecule has 1 heterocycles. The molecule has 4 heteroatoms. The molecule has 1 N–H and O–H groups in total. The molecule has 1 fully saturated rings. The van der Waals surface area contributed by atoms with Gasteiger partial charge in [0.1, 0.15) is 0 Å². The molecule has 0 spiro atoms. The standard InChI is InChI=1S/C12H20N2O2/c1-10(2)12(16)13-7-5-9-14-8-4-3-6-11(14)15/h1,3-9H2,2H3,(H,13,16). The normalized spacial score (nSPS) is 16.1. The van der Waals surface area contributed by atoms with Crippen molar-refractivity contribution >= 4 is 11.8 Å². The first-order chi connectivity index (χ1) is 7.61. The van der Waals surface area contributed by atoms with Gasteiger partial charge in [-0.2, -0.15) is 0 Å². The van der Waals surface area contributed by atoms with Crippen LogP contribution in [0, 0.1) is 0 Å². The van der Waals surface area contributed by atoms with Gasteiger partial charge in [-0.05, 0) is 26.2 Å². The van der Waals surface area contributed by atoms with Gasteiger partial charge in [0, 0.05) is 31.6 Å². The molecule has 0 aliphatic carbocycles. The predicted octanol–water partition coefficient (Wildman–Crippen LogP) is 1.08. The van der Waals surface area contributed by atoms with E-state index in [1.165, 1.54) is 0 Å². The Morgan fingerprint density at radius 1 is 1.50 bits per heavy atom. The van der Waals surface area contributed by atoms with Crippen LogP contribution in [-0.2, 0) is 9.59 Å². The van der Waals surface area contributed by atoms with Gasteiger partial charge in [-0.3, -0.25) is 9.59 Å². The maximum absolute atomic E-state index is 11.5. The lowest BCUT2D eigenvalue weighted by Gasteiger charge is -2.26. The number of hydrogen-bond donors (Lipinski definition) is 1. The molecular formula is C12H20N2O2. The largest absolute Gasteiger partial charge is 0.352 e. The van der Waals surface area contributed by atoms with E-state index in [1.807, 2.05) is 4.90 Å². The quantitative estimate of drug-likeness (QED) is 0.561. The van der Waals surface area contributed by atoms with Gasteiger partial charge in [0.15, 0.2) is 0 Å². The predicted molar refractivity (Wildman–Crippen MR) is 62.9 cm³/mol. The van der Waals surface area contributed by atoms with Crippen LogP contribution in [0.5, 0.6) is 0 Å². The van der Waals surface area contributed by atoms with Crippen molar-refractivity contribution in [1.82, 2.24) is 10.2 Å². The Hall–Kier alpha value is -1.32. The first-order valence-corrected chi connectivity index (χ1v) is 5.82. The van der Waals surface area contributed by atoms with E-state index in [2.05, 4.69) is 11.9 Å². The van der Waals surface area contributed by atoms with Crippen molar-refractivity contribution in [2.45, 2.75) is 32.6 Å². The lowest BCUT2D eigenvalue weighted by atomic mass is 10.1. The zero-order chi connectivity index (χ0) is 12.0. The lowest BCUT2D eigenvalue weighted by Crippen LogP contribution is -2.37. The summed E-state index contributed by atoms with van der Waals surface area (Å²) < 4.78 is 0. The zero-order valence-electron chi connectivity index (χ0n) is 9.92. The highest BCUT2D eigenvalue weighted by atomic mass is 16.2. The molecule has 90 valence electrons. The lowest BCUT2D eigenvalue weighted by molar-refractivity contribution is -0.133. The third-order valence-corrected chi connectivity index (χ3v) is 2.70. The number of carbonyl (C=O) groups is 2. The van der Waals surface area contributed by atoms with E-state index in [9.17, 15) is 9.59 Å². The molecule has 1 aliphatic heterocycles. The summed E-state index contributed by atoms with van der Waals surface area (Å²) in [4.78, 5) is 24.5. The molecule has 4 nitrogen and oxygen atoms in total. The highest BCUT2D eigenvalue weighted by molar-refractivity contribution is 5.92. The van der Waals surface area contributed by atoms with Gasteiger partial charge in [-0.15, -0.1) is 0 Å². The topological polar surface area (TPSA) is 49.4 Å². The molecular weight excluding hydrogens is 204 g/mol. The molecule has 0 aromatic carbocycles. The van der Waals surface area contributed by atoms with Crippen LogP contribution in [0.25, 0.3) is 0 Å². The maximum atomic E-state index is 11.5. The molecule has 0 radical (unpaired) electrons. The second kappa shape index (κ2) is 6.30. The molecule has 2 amide bonds. The Balaban J connectivity index is 2.13. The first kappa shape index (κ1) is 12.7. The summed E-state index contributed by atoms with van der Waals surface area (Å²) in [5.74, 6) is 0.141. The highest BCUT2D eigenvalue weighted by Crippen LogP contribution is 2.10. The fraction of sp³-hybridized carbons (Fsp3) is 0.667. The summed E-state index contributed by atoms with van der Waals surface area (Å²) in [7, 11) is 0. The van der Waals surface area contributed by atoms with E-state index in [1.54, 1.807) is 6.92 Å². The Kier molecular flexibility index (Phi) is 5.02. The summed E-state index contributed by atoms with van der Waals surface area (Å²) in [5.41, 5.74) is 0.522. The van der Waals surface area contributed by atoms with Crippen molar-refractivity contribution in [2.24, 2.45) is 0 Å². The number of amides is 2. The van der Waals surface area contributed by atoms with E-state index in [0.29, 0.717) is 18.5 Å².